The second-order valence-corrected chi connectivity index (χ2v) is 8.43. The quantitative estimate of drug-likeness (QED) is 0.842. The van der Waals surface area contributed by atoms with E-state index in [4.69, 9.17) is 0 Å². The number of nitrogens with one attached hydrogen (secondary N) is 1. The minimum absolute atomic E-state index is 0.0914. The van der Waals surface area contributed by atoms with Crippen LogP contribution in [0.5, 0.6) is 0 Å². The Morgan fingerprint density at radius 3 is 2.82 bits per heavy atom. The number of benzene rings is 1. The van der Waals surface area contributed by atoms with Crippen molar-refractivity contribution in [1.82, 2.24) is 4.31 Å². The van der Waals surface area contributed by atoms with Crippen LogP contribution in [0.3, 0.4) is 0 Å². The van der Waals surface area contributed by atoms with Crippen molar-refractivity contribution in [2.45, 2.75) is 39.2 Å². The third-order valence-corrected chi connectivity index (χ3v) is 6.72. The molecule has 1 aliphatic heterocycles. The van der Waals surface area contributed by atoms with E-state index in [1.54, 1.807) is 6.07 Å². The van der Waals surface area contributed by atoms with E-state index in [-0.39, 0.29) is 11.7 Å². The maximum atomic E-state index is 12.4. The Balaban J connectivity index is 2.12. The molecule has 1 atom stereocenters. The number of amides is 1. The Labute approximate surface area is 140 Å². The Bertz CT molecular complexity index is 661. The highest BCUT2D eigenvalue weighted by Gasteiger charge is 2.38. The average molecular weight is 389 g/mol. The zero-order valence-electron chi connectivity index (χ0n) is 12.8. The van der Waals surface area contributed by atoms with E-state index in [0.29, 0.717) is 25.1 Å². The number of nitrogens with zero attached hydrogens (tertiary/aromatic N) is 1. The van der Waals surface area contributed by atoms with Gasteiger partial charge in [-0.2, -0.15) is 4.31 Å². The minimum atomic E-state index is -3.35. The lowest BCUT2D eigenvalue weighted by Gasteiger charge is -2.23. The number of aryl methyl sites for hydroxylation is 1. The van der Waals surface area contributed by atoms with Gasteiger partial charge in [0.25, 0.3) is 0 Å². The zero-order valence-corrected chi connectivity index (χ0v) is 15.2. The summed E-state index contributed by atoms with van der Waals surface area (Å²) in [7, 11) is -3.35. The van der Waals surface area contributed by atoms with Crippen LogP contribution in [-0.2, 0) is 14.8 Å². The van der Waals surface area contributed by atoms with Crippen molar-refractivity contribution in [2.75, 3.05) is 17.6 Å². The Kier molecular flexibility index (Phi) is 5.63. The van der Waals surface area contributed by atoms with Crippen LogP contribution in [0.2, 0.25) is 0 Å². The molecule has 0 aromatic heterocycles. The van der Waals surface area contributed by atoms with Crippen molar-refractivity contribution in [3.63, 3.8) is 0 Å². The molecule has 22 heavy (non-hydrogen) atoms. The molecule has 1 amide bonds. The summed E-state index contributed by atoms with van der Waals surface area (Å²) in [4.78, 5) is 12.4. The number of hydrogen-bond acceptors (Lipinski definition) is 3. The average Bonchev–Trinajstić information content (AvgIpc) is 2.93. The van der Waals surface area contributed by atoms with Gasteiger partial charge in [0.2, 0.25) is 15.9 Å². The van der Waals surface area contributed by atoms with Gasteiger partial charge >= 0.3 is 0 Å². The molecule has 1 heterocycles. The molecule has 1 aliphatic rings. The molecule has 1 N–H and O–H groups in total. The molecule has 0 radical (unpaired) electrons. The summed E-state index contributed by atoms with van der Waals surface area (Å²) in [6, 6.07) is 4.93. The summed E-state index contributed by atoms with van der Waals surface area (Å²) in [5, 5.41) is 2.83. The molecular weight excluding hydrogens is 368 g/mol. The van der Waals surface area contributed by atoms with Gasteiger partial charge in [0.05, 0.1) is 5.75 Å². The van der Waals surface area contributed by atoms with Gasteiger partial charge in [-0.3, -0.25) is 4.79 Å². The third-order valence-electron chi connectivity index (χ3n) is 3.75. The van der Waals surface area contributed by atoms with Crippen LogP contribution in [0.15, 0.2) is 22.7 Å². The predicted molar refractivity (Wildman–Crippen MR) is 91.3 cm³/mol. The van der Waals surface area contributed by atoms with E-state index in [9.17, 15) is 13.2 Å². The summed E-state index contributed by atoms with van der Waals surface area (Å²) >= 11 is 3.41. The van der Waals surface area contributed by atoms with Crippen molar-refractivity contribution in [1.29, 1.82) is 0 Å². The minimum Gasteiger partial charge on any atom is -0.325 e. The number of anilines is 1. The molecule has 1 aromatic rings. The van der Waals surface area contributed by atoms with Gasteiger partial charge in [0.1, 0.15) is 6.04 Å². The van der Waals surface area contributed by atoms with Gasteiger partial charge in [-0.1, -0.05) is 22.9 Å². The van der Waals surface area contributed by atoms with Crippen LogP contribution in [0.1, 0.15) is 31.7 Å². The topological polar surface area (TPSA) is 66.5 Å². The van der Waals surface area contributed by atoms with Gasteiger partial charge in [-0.25, -0.2) is 8.42 Å². The van der Waals surface area contributed by atoms with Crippen molar-refractivity contribution in [3.05, 3.63) is 28.2 Å². The number of carbonyl (C=O) groups excluding carboxylic acids is 1. The maximum Gasteiger partial charge on any atom is 0.242 e. The number of hydrogen-bond donors (Lipinski definition) is 1. The molecule has 2 rings (SSSR count). The smallest absolute Gasteiger partial charge is 0.242 e. The van der Waals surface area contributed by atoms with E-state index in [2.05, 4.69) is 21.2 Å². The molecule has 122 valence electrons. The number of carbonyl (C=O) groups is 1. The Morgan fingerprint density at radius 1 is 1.45 bits per heavy atom. The standard InChI is InChI=1S/C15H21BrN2O3S/c1-3-9-22(20,21)18-8-4-5-14(18)15(19)17-12-6-7-13(16)11(2)10-12/h6-7,10,14H,3-5,8-9H2,1-2H3,(H,17,19)/t14-/m0/s1. The molecule has 1 saturated heterocycles. The Morgan fingerprint density at radius 2 is 2.18 bits per heavy atom. The monoisotopic (exact) mass is 388 g/mol. The molecule has 0 unspecified atom stereocenters. The van der Waals surface area contributed by atoms with Gasteiger partial charge < -0.3 is 5.32 Å². The molecule has 5 nitrogen and oxygen atoms in total. The summed E-state index contributed by atoms with van der Waals surface area (Å²) in [6.45, 7) is 4.19. The van der Waals surface area contributed by atoms with Crippen LogP contribution in [0.4, 0.5) is 5.69 Å². The van der Waals surface area contributed by atoms with Crippen molar-refractivity contribution >= 4 is 37.5 Å². The molecule has 0 saturated carbocycles. The predicted octanol–water partition coefficient (Wildman–Crippen LogP) is 2.90. The lowest BCUT2D eigenvalue weighted by molar-refractivity contribution is -0.119. The third kappa shape index (κ3) is 3.88. The van der Waals surface area contributed by atoms with Gasteiger partial charge in [-0.05, 0) is 49.9 Å². The summed E-state index contributed by atoms with van der Waals surface area (Å²) in [6.07, 6.45) is 1.85. The first-order valence-electron chi connectivity index (χ1n) is 7.41. The van der Waals surface area contributed by atoms with Gasteiger partial charge in [-0.15, -0.1) is 0 Å². The molecule has 0 aliphatic carbocycles. The van der Waals surface area contributed by atoms with E-state index in [1.807, 2.05) is 26.0 Å². The number of halogens is 1. The summed E-state index contributed by atoms with van der Waals surface area (Å²) < 4.78 is 26.8. The molecular formula is C15H21BrN2O3S. The van der Waals surface area contributed by atoms with Crippen LogP contribution in [-0.4, -0.2) is 37.0 Å². The van der Waals surface area contributed by atoms with Gasteiger partial charge in [0, 0.05) is 16.7 Å². The van der Waals surface area contributed by atoms with E-state index >= 15 is 0 Å². The second-order valence-electron chi connectivity index (χ2n) is 5.54. The fourth-order valence-corrected chi connectivity index (χ4v) is 4.65. The Hall–Kier alpha value is -0.920. The fourth-order valence-electron chi connectivity index (χ4n) is 2.66. The summed E-state index contributed by atoms with van der Waals surface area (Å²) in [5.41, 5.74) is 1.70. The SMILES string of the molecule is CCCS(=O)(=O)N1CCC[C@H]1C(=O)Nc1ccc(Br)c(C)c1. The molecule has 1 fully saturated rings. The second kappa shape index (κ2) is 7.10. The fraction of sp³-hybridized carbons (Fsp3) is 0.533. The van der Waals surface area contributed by atoms with Crippen LogP contribution in [0, 0.1) is 6.92 Å². The van der Waals surface area contributed by atoms with Crippen molar-refractivity contribution < 1.29 is 13.2 Å². The highest BCUT2D eigenvalue weighted by molar-refractivity contribution is 9.10. The van der Waals surface area contributed by atoms with Crippen molar-refractivity contribution in [3.8, 4) is 0 Å². The first-order chi connectivity index (χ1) is 10.3. The first kappa shape index (κ1) is 17.4. The molecule has 0 spiro atoms. The summed E-state index contributed by atoms with van der Waals surface area (Å²) in [5.74, 6) is -0.160. The maximum absolute atomic E-state index is 12.4. The number of sulfonamides is 1. The van der Waals surface area contributed by atoms with E-state index in [1.165, 1.54) is 4.31 Å². The van der Waals surface area contributed by atoms with Crippen LogP contribution >= 0.6 is 15.9 Å². The highest BCUT2D eigenvalue weighted by Crippen LogP contribution is 2.24. The molecule has 0 bridgehead atoms. The number of rotatable bonds is 5. The largest absolute Gasteiger partial charge is 0.325 e. The van der Waals surface area contributed by atoms with Crippen molar-refractivity contribution in [2.24, 2.45) is 0 Å². The molecule has 7 heteroatoms. The molecule has 1 aromatic carbocycles. The van der Waals surface area contributed by atoms with E-state index in [0.717, 1.165) is 16.5 Å². The van der Waals surface area contributed by atoms with E-state index < -0.39 is 16.1 Å². The van der Waals surface area contributed by atoms with Crippen LogP contribution < -0.4 is 5.32 Å². The lowest BCUT2D eigenvalue weighted by Crippen LogP contribution is -2.44. The normalized spacial score (nSPS) is 19.3. The first-order valence-corrected chi connectivity index (χ1v) is 9.82. The lowest BCUT2D eigenvalue weighted by atomic mass is 10.2. The van der Waals surface area contributed by atoms with Crippen LogP contribution in [0.25, 0.3) is 0 Å². The highest BCUT2D eigenvalue weighted by atomic mass is 79.9. The zero-order chi connectivity index (χ0) is 16.3. The van der Waals surface area contributed by atoms with Gasteiger partial charge in [0.15, 0.2) is 0 Å².